The summed E-state index contributed by atoms with van der Waals surface area (Å²) in [4.78, 5) is 23.3. The molecule has 0 aliphatic carbocycles. The van der Waals surface area contributed by atoms with E-state index in [0.29, 0.717) is 28.1 Å². The molecule has 0 saturated carbocycles. The van der Waals surface area contributed by atoms with Gasteiger partial charge in [0.05, 0.1) is 18.4 Å². The highest BCUT2D eigenvalue weighted by Gasteiger charge is 2.15. The molecule has 2 amide bonds. The lowest BCUT2D eigenvalue weighted by molar-refractivity contribution is -0.114. The van der Waals surface area contributed by atoms with Gasteiger partial charge in [-0.1, -0.05) is 23.9 Å². The largest absolute Gasteiger partial charge is 0.496 e. The van der Waals surface area contributed by atoms with Gasteiger partial charge in [0.15, 0.2) is 11.0 Å². The summed E-state index contributed by atoms with van der Waals surface area (Å²) in [7, 11) is 3.46. The number of nitrogens with one attached hydrogen (secondary N) is 2. The van der Waals surface area contributed by atoms with Crippen LogP contribution in [0.25, 0.3) is 11.4 Å². The van der Waals surface area contributed by atoms with Gasteiger partial charge in [-0.2, -0.15) is 0 Å². The first kappa shape index (κ1) is 20.4. The number of carbonyl (C=O) groups excluding carboxylic acids is 2. The van der Waals surface area contributed by atoms with E-state index in [0.717, 1.165) is 5.56 Å². The second-order valence-electron chi connectivity index (χ2n) is 6.16. The minimum atomic E-state index is -0.163. The van der Waals surface area contributed by atoms with Crippen LogP contribution in [0.15, 0.2) is 53.7 Å². The van der Waals surface area contributed by atoms with Gasteiger partial charge in [0.2, 0.25) is 11.8 Å². The maximum Gasteiger partial charge on any atom is 0.234 e. The lowest BCUT2D eigenvalue weighted by Gasteiger charge is -2.08. The first-order valence-corrected chi connectivity index (χ1v) is 9.79. The third-order valence-electron chi connectivity index (χ3n) is 4.00. The molecule has 0 spiro atoms. The SMILES string of the molecule is COc1ccccc1-c1nnc(SCC(=O)Nc2ccc(NC(C)=O)cc2)n1C. The highest BCUT2D eigenvalue weighted by molar-refractivity contribution is 7.99. The Morgan fingerprint density at radius 2 is 1.69 bits per heavy atom. The molecular formula is C20H21N5O3S. The Kier molecular flexibility index (Phi) is 6.50. The number of ether oxygens (including phenoxy) is 1. The number of amides is 2. The van der Waals surface area contributed by atoms with Gasteiger partial charge in [0.25, 0.3) is 0 Å². The Balaban J connectivity index is 1.61. The van der Waals surface area contributed by atoms with Crippen molar-refractivity contribution in [3.05, 3.63) is 48.5 Å². The van der Waals surface area contributed by atoms with E-state index < -0.39 is 0 Å². The Morgan fingerprint density at radius 1 is 1.03 bits per heavy atom. The van der Waals surface area contributed by atoms with Gasteiger partial charge < -0.3 is 19.9 Å². The summed E-state index contributed by atoms with van der Waals surface area (Å²) in [5.74, 6) is 1.25. The fourth-order valence-corrected chi connectivity index (χ4v) is 3.38. The predicted molar refractivity (Wildman–Crippen MR) is 113 cm³/mol. The van der Waals surface area contributed by atoms with Crippen molar-refractivity contribution in [1.82, 2.24) is 14.8 Å². The molecule has 3 rings (SSSR count). The molecule has 0 bridgehead atoms. The molecule has 0 saturated heterocycles. The zero-order chi connectivity index (χ0) is 20.8. The molecule has 0 atom stereocenters. The number of hydrogen-bond acceptors (Lipinski definition) is 6. The standard InChI is InChI=1S/C20H21N5O3S/c1-13(26)21-14-8-10-15(11-9-14)22-18(27)12-29-20-24-23-19(25(20)2)16-6-4-5-7-17(16)28-3/h4-11H,12H2,1-3H3,(H,21,26)(H,22,27). The summed E-state index contributed by atoms with van der Waals surface area (Å²) in [6, 6.07) is 14.5. The fraction of sp³-hybridized carbons (Fsp3) is 0.200. The molecule has 3 aromatic rings. The first-order chi connectivity index (χ1) is 14.0. The lowest BCUT2D eigenvalue weighted by Crippen LogP contribution is -2.14. The Hall–Kier alpha value is -3.33. The summed E-state index contributed by atoms with van der Waals surface area (Å²) < 4.78 is 7.21. The highest BCUT2D eigenvalue weighted by Crippen LogP contribution is 2.30. The number of rotatable bonds is 7. The summed E-state index contributed by atoms with van der Waals surface area (Å²) in [6.07, 6.45) is 0. The van der Waals surface area contributed by atoms with Crippen LogP contribution in [-0.2, 0) is 16.6 Å². The molecule has 29 heavy (non-hydrogen) atoms. The van der Waals surface area contributed by atoms with Gasteiger partial charge in [0, 0.05) is 25.3 Å². The minimum absolute atomic E-state index is 0.144. The topological polar surface area (TPSA) is 98.1 Å². The van der Waals surface area contributed by atoms with Gasteiger partial charge in [-0.25, -0.2) is 0 Å². The van der Waals surface area contributed by atoms with Gasteiger partial charge in [-0.05, 0) is 36.4 Å². The van der Waals surface area contributed by atoms with E-state index in [9.17, 15) is 9.59 Å². The Morgan fingerprint density at radius 3 is 2.34 bits per heavy atom. The van der Waals surface area contributed by atoms with E-state index in [1.807, 2.05) is 35.9 Å². The summed E-state index contributed by atoms with van der Waals surface area (Å²) in [5.41, 5.74) is 2.16. The van der Waals surface area contributed by atoms with E-state index in [-0.39, 0.29) is 17.6 Å². The van der Waals surface area contributed by atoms with Gasteiger partial charge in [-0.15, -0.1) is 10.2 Å². The van der Waals surface area contributed by atoms with Crippen molar-refractivity contribution < 1.29 is 14.3 Å². The molecule has 0 unspecified atom stereocenters. The van der Waals surface area contributed by atoms with Crippen LogP contribution in [0, 0.1) is 0 Å². The van der Waals surface area contributed by atoms with Gasteiger partial charge >= 0.3 is 0 Å². The van der Waals surface area contributed by atoms with Crippen molar-refractivity contribution in [2.24, 2.45) is 7.05 Å². The molecule has 1 aromatic heterocycles. The average molecular weight is 411 g/mol. The summed E-state index contributed by atoms with van der Waals surface area (Å²) in [6.45, 7) is 1.44. The number of benzene rings is 2. The molecule has 2 aromatic carbocycles. The second-order valence-corrected chi connectivity index (χ2v) is 7.10. The number of nitrogens with zero attached hydrogens (tertiary/aromatic N) is 3. The molecule has 2 N–H and O–H groups in total. The molecule has 1 heterocycles. The quantitative estimate of drug-likeness (QED) is 0.580. The fourth-order valence-electron chi connectivity index (χ4n) is 2.67. The van der Waals surface area contributed by atoms with Crippen molar-refractivity contribution >= 4 is 35.0 Å². The van der Waals surface area contributed by atoms with Crippen molar-refractivity contribution in [3.63, 3.8) is 0 Å². The van der Waals surface area contributed by atoms with Crippen LogP contribution < -0.4 is 15.4 Å². The number of hydrogen-bond donors (Lipinski definition) is 2. The molecule has 0 radical (unpaired) electrons. The highest BCUT2D eigenvalue weighted by atomic mass is 32.2. The Bertz CT molecular complexity index is 1020. The molecule has 150 valence electrons. The number of anilines is 2. The third kappa shape index (κ3) is 5.14. The van der Waals surface area contributed by atoms with Crippen LogP contribution in [0.1, 0.15) is 6.92 Å². The number of thioether (sulfide) groups is 1. The van der Waals surface area contributed by atoms with Crippen LogP contribution in [0.5, 0.6) is 5.75 Å². The molecule has 8 nitrogen and oxygen atoms in total. The van der Waals surface area contributed by atoms with E-state index in [2.05, 4.69) is 20.8 Å². The molecule has 0 fully saturated rings. The van der Waals surface area contributed by atoms with Crippen molar-refractivity contribution in [1.29, 1.82) is 0 Å². The maximum atomic E-state index is 12.3. The van der Waals surface area contributed by atoms with Crippen molar-refractivity contribution in [2.45, 2.75) is 12.1 Å². The van der Waals surface area contributed by atoms with Crippen molar-refractivity contribution in [2.75, 3.05) is 23.5 Å². The normalized spacial score (nSPS) is 10.4. The second kappa shape index (κ2) is 9.24. The monoisotopic (exact) mass is 411 g/mol. The maximum absolute atomic E-state index is 12.3. The minimum Gasteiger partial charge on any atom is -0.496 e. The van der Waals surface area contributed by atoms with Crippen LogP contribution in [-0.4, -0.2) is 39.4 Å². The zero-order valence-electron chi connectivity index (χ0n) is 16.3. The average Bonchev–Trinajstić information content (AvgIpc) is 3.07. The summed E-state index contributed by atoms with van der Waals surface area (Å²) in [5, 5.41) is 14.5. The van der Waals surface area contributed by atoms with E-state index >= 15 is 0 Å². The van der Waals surface area contributed by atoms with Crippen LogP contribution in [0.2, 0.25) is 0 Å². The number of para-hydroxylation sites is 1. The smallest absolute Gasteiger partial charge is 0.234 e. The first-order valence-electron chi connectivity index (χ1n) is 8.81. The molecule has 0 aliphatic heterocycles. The van der Waals surface area contributed by atoms with Gasteiger partial charge in [-0.3, -0.25) is 9.59 Å². The van der Waals surface area contributed by atoms with Crippen LogP contribution in [0.4, 0.5) is 11.4 Å². The third-order valence-corrected chi connectivity index (χ3v) is 5.02. The van der Waals surface area contributed by atoms with Gasteiger partial charge in [0.1, 0.15) is 5.75 Å². The van der Waals surface area contributed by atoms with Crippen LogP contribution in [0.3, 0.4) is 0 Å². The Labute approximate surface area is 172 Å². The number of carbonyl (C=O) groups is 2. The lowest BCUT2D eigenvalue weighted by atomic mass is 10.2. The molecule has 9 heteroatoms. The summed E-state index contributed by atoms with van der Waals surface area (Å²) >= 11 is 1.29. The van der Waals surface area contributed by atoms with Crippen molar-refractivity contribution in [3.8, 4) is 17.1 Å². The number of aromatic nitrogens is 3. The molecule has 0 aliphatic rings. The van der Waals surface area contributed by atoms with E-state index in [4.69, 9.17) is 4.74 Å². The number of methoxy groups -OCH3 is 1. The predicted octanol–water partition coefficient (Wildman–Crippen LogP) is 3.18. The van der Waals surface area contributed by atoms with E-state index in [1.165, 1.54) is 18.7 Å². The zero-order valence-corrected chi connectivity index (χ0v) is 17.1. The van der Waals surface area contributed by atoms with Crippen LogP contribution >= 0.6 is 11.8 Å². The van der Waals surface area contributed by atoms with E-state index in [1.54, 1.807) is 31.4 Å². The molecular weight excluding hydrogens is 390 g/mol.